The van der Waals surface area contributed by atoms with Crippen molar-refractivity contribution in [1.29, 1.82) is 0 Å². The summed E-state index contributed by atoms with van der Waals surface area (Å²) in [7, 11) is -10.3. The van der Waals surface area contributed by atoms with E-state index in [1.54, 1.807) is 0 Å². The summed E-state index contributed by atoms with van der Waals surface area (Å²) in [5.41, 5.74) is 0. The van der Waals surface area contributed by atoms with Crippen molar-refractivity contribution in [2.75, 3.05) is 0 Å². The summed E-state index contributed by atoms with van der Waals surface area (Å²) in [6.07, 6.45) is 0. The van der Waals surface area contributed by atoms with Crippen molar-refractivity contribution in [2.24, 2.45) is 0 Å². The first-order valence-electron chi connectivity index (χ1n) is 1.33. The van der Waals surface area contributed by atoms with Crippen LogP contribution in [0.1, 0.15) is 0 Å². The molecule has 0 aliphatic carbocycles. The molecule has 2 radical (unpaired) electrons. The van der Waals surface area contributed by atoms with Crippen molar-refractivity contribution in [1.82, 2.24) is 0 Å². The fourth-order valence-electron chi connectivity index (χ4n) is 0. The minimum Gasteiger partial charge on any atom is -1.00 e. The van der Waals surface area contributed by atoms with Gasteiger partial charge in [0.1, 0.15) is 0 Å². The number of halogens is 2. The van der Waals surface area contributed by atoms with Crippen molar-refractivity contribution in [3.8, 4) is 0 Å². The van der Waals surface area contributed by atoms with Crippen molar-refractivity contribution >= 4 is 43.9 Å². The van der Waals surface area contributed by atoms with Crippen LogP contribution in [0, 0.1) is 0 Å². The largest absolute Gasteiger partial charge is 2.00 e. The van der Waals surface area contributed by atoms with Crippen molar-refractivity contribution < 1.29 is 113 Å². The molecule has 0 aromatic heterocycles. The van der Waals surface area contributed by atoms with E-state index in [-0.39, 0.29) is 101 Å². The van der Waals surface area contributed by atoms with Gasteiger partial charge >= 0.3 is 76.4 Å². The first-order valence-corrected chi connectivity index (χ1v) is 4.00. The number of rotatable bonds is 0. The van der Waals surface area contributed by atoms with Gasteiger partial charge in [0.25, 0.3) is 0 Å². The van der Waals surface area contributed by atoms with Crippen LogP contribution < -0.4 is 24.8 Å². The quantitative estimate of drug-likeness (QED) is 0.190. The molecule has 0 saturated heterocycles. The Morgan fingerprint density at radius 3 is 0.688 bits per heavy atom. The second-order valence-corrected chi connectivity index (χ2v) is 2.45. The molecule has 0 aliphatic rings. The zero-order valence-corrected chi connectivity index (χ0v) is 16.4. The van der Waals surface area contributed by atoms with Gasteiger partial charge in [-0.2, -0.15) is 0 Å². The van der Waals surface area contributed by atoms with Gasteiger partial charge in [-0.15, -0.1) is 0 Å². The second kappa shape index (κ2) is 22.9. The minimum atomic E-state index is -5.17. The van der Waals surface area contributed by atoms with Gasteiger partial charge in [0, 0.05) is 20.8 Å². The molecule has 0 amide bonds. The molecule has 0 saturated carbocycles. The molecule has 16 heavy (non-hydrogen) atoms. The summed E-state index contributed by atoms with van der Waals surface area (Å²) in [6.45, 7) is 0. The van der Waals surface area contributed by atoms with Crippen LogP contribution in [0.4, 0.5) is 0 Å². The average Bonchev–Trinajstić information content (AvgIpc) is 1.12. The molecule has 0 aliphatic heterocycles. The summed E-state index contributed by atoms with van der Waals surface area (Å²) in [5, 5.41) is 0. The molecule has 0 atom stereocenters. The molecule has 16 heteroatoms. The maximum absolute atomic E-state index is 8.52. The summed E-state index contributed by atoms with van der Waals surface area (Å²) in [4.78, 5) is 0. The van der Waals surface area contributed by atoms with E-state index in [1.165, 1.54) is 0 Å². The predicted octanol–water partition coefficient (Wildman–Crippen LogP) is -9.06. The monoisotopic (exact) mass is 472 g/mol. The molecule has 0 rings (SSSR count). The maximum atomic E-state index is 8.52. The van der Waals surface area contributed by atoms with Crippen molar-refractivity contribution in [3.63, 3.8) is 0 Å². The Morgan fingerprint density at radius 2 is 0.688 bits per heavy atom. The summed E-state index contributed by atoms with van der Waals surface area (Å²) in [6, 6.07) is 0. The Morgan fingerprint density at radius 1 is 0.688 bits per heavy atom. The van der Waals surface area contributed by atoms with E-state index in [0.29, 0.717) is 0 Å². The van der Waals surface area contributed by atoms with Crippen LogP contribution in [0.25, 0.3) is 0 Å². The Hall–Kier alpha value is 2.74. The minimum absolute atomic E-state index is 0. The van der Waals surface area contributed by atoms with Gasteiger partial charge in [0.15, 0.2) is 0 Å². The second-order valence-electron chi connectivity index (χ2n) is 0.816. The number of hydrogen-bond donors (Lipinski definition) is 0. The third-order valence-electron chi connectivity index (χ3n) is 0. The molecular weight excluding hydrogens is 475 g/mol. The summed E-state index contributed by atoms with van der Waals surface area (Å²) in [5.74, 6) is 0. The molecule has 8 nitrogen and oxygen atoms in total. The Kier molecular flexibility index (Phi) is 73.1. The van der Waals surface area contributed by atoms with E-state index in [9.17, 15) is 0 Å². The van der Waals surface area contributed by atoms with Crippen molar-refractivity contribution in [2.45, 2.75) is 0 Å². The third kappa shape index (κ3) is 554. The molecule has 0 fully saturated rings. The van der Waals surface area contributed by atoms with E-state index < -0.39 is 20.8 Å². The topological polar surface area (TPSA) is 161 Å². The Bertz CT molecular complexity index is 232. The molecular formula is Cl2CoCuMgO8S2Zn+2. The van der Waals surface area contributed by atoms with Gasteiger partial charge in [0.05, 0.1) is 0 Å². The molecule has 0 N–H and O–H groups in total. The van der Waals surface area contributed by atoms with Crippen LogP contribution in [-0.2, 0) is 74.1 Å². The molecule has 0 aromatic carbocycles. The number of hydrogen-bond acceptors (Lipinski definition) is 8. The first kappa shape index (κ1) is 51.1. The first-order chi connectivity index (χ1) is 4.00. The van der Waals surface area contributed by atoms with Gasteiger partial charge in [-0.1, -0.05) is 0 Å². The van der Waals surface area contributed by atoms with Crippen LogP contribution in [0.5, 0.6) is 0 Å². The van der Waals surface area contributed by atoms with Gasteiger partial charge in [-0.3, -0.25) is 16.8 Å². The van der Waals surface area contributed by atoms with Crippen LogP contribution in [0.3, 0.4) is 0 Å². The third-order valence-corrected chi connectivity index (χ3v) is 0. The SMILES string of the molecule is O=S(=O)([O-])[O-].O=S(=O)([O-])[O-].[Cl-].[Cl-].[Co+2].[Cu+2].[Mg+2].[Zn+2]. The van der Waals surface area contributed by atoms with Gasteiger partial charge in [-0.25, -0.2) is 0 Å². The predicted molar refractivity (Wildman–Crippen MR) is 26.7 cm³/mol. The van der Waals surface area contributed by atoms with E-state index in [2.05, 4.69) is 0 Å². The van der Waals surface area contributed by atoms with Crippen LogP contribution >= 0.6 is 0 Å². The standard InChI is InChI=1S/2ClH.Co.Cu.Mg.2H2O4S.Zn/c;;;;;2*1-5(2,3)4;/h2*1H;;;;2*(H2,1,2,3,4);/q;;3*+2;;;+2/p-6. The summed E-state index contributed by atoms with van der Waals surface area (Å²) >= 11 is 0. The Labute approximate surface area is 155 Å². The zero-order valence-electron chi connectivity index (χ0n) is 6.89. The van der Waals surface area contributed by atoms with Gasteiger partial charge in [-0.05, 0) is 0 Å². The van der Waals surface area contributed by atoms with E-state index in [4.69, 9.17) is 35.0 Å². The smallest absolute Gasteiger partial charge is 1.00 e. The molecule has 0 spiro atoms. The Balaban J connectivity index is -0.00000000970. The van der Waals surface area contributed by atoms with Crippen LogP contribution in [-0.4, -0.2) is 58.1 Å². The van der Waals surface area contributed by atoms with Crippen LogP contribution in [0.2, 0.25) is 0 Å². The molecule has 0 aromatic rings. The van der Waals surface area contributed by atoms with Gasteiger partial charge in [0.2, 0.25) is 0 Å². The zero-order chi connectivity index (χ0) is 9.00. The van der Waals surface area contributed by atoms with Gasteiger partial charge < -0.3 is 43.0 Å². The normalized spacial score (nSPS) is 7.25. The molecule has 0 unspecified atom stereocenters. The fourth-order valence-corrected chi connectivity index (χ4v) is 0. The maximum Gasteiger partial charge on any atom is 2.00 e. The van der Waals surface area contributed by atoms with E-state index in [1.807, 2.05) is 0 Å². The fraction of sp³-hybridized carbons (Fsp3) is 0. The van der Waals surface area contributed by atoms with Crippen molar-refractivity contribution in [3.05, 3.63) is 0 Å². The molecule has 0 bridgehead atoms. The molecule has 96 valence electrons. The van der Waals surface area contributed by atoms with Crippen LogP contribution in [0.15, 0.2) is 0 Å². The average molecular weight is 475 g/mol. The van der Waals surface area contributed by atoms with E-state index in [0.717, 1.165) is 0 Å². The summed E-state index contributed by atoms with van der Waals surface area (Å²) < 4.78 is 68.2. The van der Waals surface area contributed by atoms with E-state index >= 15 is 0 Å². The molecule has 0 heterocycles.